The Morgan fingerprint density at radius 1 is 1.56 bits per heavy atom. The first-order valence-electron chi connectivity index (χ1n) is 6.28. The Morgan fingerprint density at radius 3 is 3.00 bits per heavy atom. The van der Waals surface area contributed by atoms with E-state index >= 15 is 0 Å². The molecule has 1 aliphatic rings. The minimum absolute atomic E-state index is 0.278. The number of benzene rings is 1. The van der Waals surface area contributed by atoms with E-state index in [1.54, 1.807) is 6.07 Å². The van der Waals surface area contributed by atoms with Crippen molar-refractivity contribution in [3.05, 3.63) is 35.1 Å². The van der Waals surface area contributed by atoms with Crippen molar-refractivity contribution in [3.8, 4) is 6.07 Å². The van der Waals surface area contributed by atoms with Gasteiger partial charge in [-0.15, -0.1) is 0 Å². The summed E-state index contributed by atoms with van der Waals surface area (Å²) in [6.45, 7) is 3.77. The van der Waals surface area contributed by atoms with Crippen LogP contribution in [0.5, 0.6) is 0 Å². The highest BCUT2D eigenvalue weighted by atomic mass is 19.1. The van der Waals surface area contributed by atoms with Crippen LogP contribution in [-0.2, 0) is 6.54 Å². The molecule has 0 spiro atoms. The number of nitrogens with two attached hydrogens (primary N) is 1. The zero-order chi connectivity index (χ0) is 13.1. The third-order valence-electron chi connectivity index (χ3n) is 3.62. The second kappa shape index (κ2) is 5.47. The van der Waals surface area contributed by atoms with Crippen LogP contribution in [0.25, 0.3) is 0 Å². The lowest BCUT2D eigenvalue weighted by Crippen LogP contribution is -2.45. The third kappa shape index (κ3) is 2.87. The van der Waals surface area contributed by atoms with E-state index in [-0.39, 0.29) is 11.9 Å². The van der Waals surface area contributed by atoms with E-state index in [1.807, 2.05) is 0 Å². The maximum Gasteiger partial charge on any atom is 0.124 e. The van der Waals surface area contributed by atoms with Crippen LogP contribution in [0.2, 0.25) is 0 Å². The zero-order valence-corrected chi connectivity index (χ0v) is 10.6. The van der Waals surface area contributed by atoms with Crippen molar-refractivity contribution in [3.63, 3.8) is 0 Å². The van der Waals surface area contributed by atoms with E-state index in [1.165, 1.54) is 12.1 Å². The average molecular weight is 247 g/mol. The Kier molecular flexibility index (Phi) is 3.95. The molecule has 0 radical (unpaired) electrons. The van der Waals surface area contributed by atoms with E-state index in [0.29, 0.717) is 18.2 Å². The molecule has 1 fully saturated rings. The van der Waals surface area contributed by atoms with Gasteiger partial charge in [0.2, 0.25) is 0 Å². The molecule has 2 N–H and O–H groups in total. The first-order valence-corrected chi connectivity index (χ1v) is 6.28. The minimum atomic E-state index is -0.357. The van der Waals surface area contributed by atoms with Crippen molar-refractivity contribution >= 4 is 0 Å². The molecule has 0 amide bonds. The Balaban J connectivity index is 2.12. The van der Waals surface area contributed by atoms with Gasteiger partial charge in [-0.3, -0.25) is 4.90 Å². The number of nitriles is 1. The smallest absolute Gasteiger partial charge is 0.124 e. The van der Waals surface area contributed by atoms with Crippen molar-refractivity contribution in [2.24, 2.45) is 5.73 Å². The van der Waals surface area contributed by atoms with Crippen LogP contribution in [0.3, 0.4) is 0 Å². The lowest BCUT2D eigenvalue weighted by molar-refractivity contribution is 0.140. The Bertz CT molecular complexity index is 467. The predicted molar refractivity (Wildman–Crippen MR) is 68.2 cm³/mol. The molecule has 1 aromatic carbocycles. The molecule has 4 heteroatoms. The molecule has 3 nitrogen and oxygen atoms in total. The second-order valence-corrected chi connectivity index (χ2v) is 5.02. The van der Waals surface area contributed by atoms with Gasteiger partial charge in [0, 0.05) is 25.2 Å². The van der Waals surface area contributed by atoms with Crippen LogP contribution in [0, 0.1) is 17.1 Å². The first kappa shape index (κ1) is 13.0. The van der Waals surface area contributed by atoms with Crippen molar-refractivity contribution in [1.29, 1.82) is 5.26 Å². The lowest BCUT2D eigenvalue weighted by atomic mass is 9.97. The van der Waals surface area contributed by atoms with Crippen molar-refractivity contribution in [1.82, 2.24) is 4.90 Å². The van der Waals surface area contributed by atoms with Crippen LogP contribution in [0.15, 0.2) is 18.2 Å². The largest absolute Gasteiger partial charge is 0.328 e. The van der Waals surface area contributed by atoms with Gasteiger partial charge in [0.25, 0.3) is 0 Å². The molecule has 18 heavy (non-hydrogen) atoms. The highest BCUT2D eigenvalue weighted by molar-refractivity contribution is 5.37. The summed E-state index contributed by atoms with van der Waals surface area (Å²) < 4.78 is 13.1. The molecule has 0 aromatic heterocycles. The standard InChI is InChI=1S/C14H18FN3/c1-10-6-14(17)4-5-18(10)9-11-2-3-13(15)7-12(11)8-16/h2-3,7,10,14H,4-6,9,17H2,1H3. The van der Waals surface area contributed by atoms with Gasteiger partial charge in [-0.25, -0.2) is 4.39 Å². The summed E-state index contributed by atoms with van der Waals surface area (Å²) >= 11 is 0. The summed E-state index contributed by atoms with van der Waals surface area (Å²) in [4.78, 5) is 2.30. The number of likely N-dealkylation sites (tertiary alicyclic amines) is 1. The number of hydrogen-bond acceptors (Lipinski definition) is 3. The summed E-state index contributed by atoms with van der Waals surface area (Å²) in [5.41, 5.74) is 7.25. The SMILES string of the molecule is CC1CC(N)CCN1Cc1ccc(F)cc1C#N. The van der Waals surface area contributed by atoms with Gasteiger partial charge in [-0.1, -0.05) is 6.07 Å². The topological polar surface area (TPSA) is 53.0 Å². The predicted octanol–water partition coefficient (Wildman–Crippen LogP) is 2.01. The van der Waals surface area contributed by atoms with Crippen LogP contribution in [0.4, 0.5) is 4.39 Å². The van der Waals surface area contributed by atoms with Gasteiger partial charge in [-0.05, 0) is 37.5 Å². The monoisotopic (exact) mass is 247 g/mol. The number of piperidine rings is 1. The van der Waals surface area contributed by atoms with E-state index in [9.17, 15) is 4.39 Å². The Hall–Kier alpha value is -1.44. The van der Waals surface area contributed by atoms with Gasteiger partial charge >= 0.3 is 0 Å². The number of rotatable bonds is 2. The lowest BCUT2D eigenvalue weighted by Gasteiger charge is -2.36. The van der Waals surface area contributed by atoms with Crippen molar-refractivity contribution in [2.45, 2.75) is 38.4 Å². The second-order valence-electron chi connectivity index (χ2n) is 5.02. The summed E-state index contributed by atoms with van der Waals surface area (Å²) in [5, 5.41) is 9.03. The highest BCUT2D eigenvalue weighted by Gasteiger charge is 2.23. The maximum atomic E-state index is 13.1. The number of nitrogens with zero attached hydrogens (tertiary/aromatic N) is 2. The molecule has 0 bridgehead atoms. The van der Waals surface area contributed by atoms with Gasteiger partial charge in [-0.2, -0.15) is 5.26 Å². The number of hydrogen-bond donors (Lipinski definition) is 1. The van der Waals surface area contributed by atoms with Crippen molar-refractivity contribution in [2.75, 3.05) is 6.54 Å². The summed E-state index contributed by atoms with van der Waals surface area (Å²) in [6, 6.07) is 7.16. The van der Waals surface area contributed by atoms with Gasteiger partial charge in [0.05, 0.1) is 11.6 Å². The molecular weight excluding hydrogens is 229 g/mol. The zero-order valence-electron chi connectivity index (χ0n) is 10.6. The molecule has 1 aromatic rings. The van der Waals surface area contributed by atoms with Crippen LogP contribution in [-0.4, -0.2) is 23.5 Å². The normalized spacial score (nSPS) is 24.8. The van der Waals surface area contributed by atoms with Crippen LogP contribution >= 0.6 is 0 Å². The Labute approximate surface area is 107 Å². The molecule has 0 aliphatic carbocycles. The maximum absolute atomic E-state index is 13.1. The molecule has 0 saturated carbocycles. The highest BCUT2D eigenvalue weighted by Crippen LogP contribution is 2.20. The first-order chi connectivity index (χ1) is 8.60. The summed E-state index contributed by atoms with van der Waals surface area (Å²) in [5.74, 6) is -0.357. The Morgan fingerprint density at radius 2 is 2.33 bits per heavy atom. The van der Waals surface area contributed by atoms with Gasteiger partial charge in [0.15, 0.2) is 0 Å². The van der Waals surface area contributed by atoms with Gasteiger partial charge < -0.3 is 5.73 Å². The third-order valence-corrected chi connectivity index (χ3v) is 3.62. The molecule has 2 atom stereocenters. The molecule has 1 saturated heterocycles. The molecule has 1 heterocycles. The van der Waals surface area contributed by atoms with E-state index in [4.69, 9.17) is 11.0 Å². The number of halogens is 1. The van der Waals surface area contributed by atoms with E-state index in [0.717, 1.165) is 24.9 Å². The fraction of sp³-hybridized carbons (Fsp3) is 0.500. The van der Waals surface area contributed by atoms with E-state index in [2.05, 4.69) is 17.9 Å². The summed E-state index contributed by atoms with van der Waals surface area (Å²) in [6.07, 6.45) is 1.95. The van der Waals surface area contributed by atoms with Crippen LogP contribution in [0.1, 0.15) is 30.9 Å². The average Bonchev–Trinajstić information content (AvgIpc) is 2.34. The minimum Gasteiger partial charge on any atom is -0.328 e. The molecule has 1 aliphatic heterocycles. The summed E-state index contributed by atoms with van der Waals surface area (Å²) in [7, 11) is 0. The fourth-order valence-electron chi connectivity index (χ4n) is 2.50. The van der Waals surface area contributed by atoms with Crippen molar-refractivity contribution < 1.29 is 4.39 Å². The molecular formula is C14H18FN3. The van der Waals surface area contributed by atoms with Crippen LogP contribution < -0.4 is 5.73 Å². The molecule has 96 valence electrons. The van der Waals surface area contributed by atoms with Gasteiger partial charge in [0.1, 0.15) is 5.82 Å². The quantitative estimate of drug-likeness (QED) is 0.869. The molecule has 2 rings (SSSR count). The van der Waals surface area contributed by atoms with E-state index < -0.39 is 0 Å². The fourth-order valence-corrected chi connectivity index (χ4v) is 2.50. The molecule has 2 unspecified atom stereocenters.